The van der Waals surface area contributed by atoms with E-state index in [-0.39, 0.29) is 0 Å². The molecular formula is C15H9F7N2S. The van der Waals surface area contributed by atoms with Crippen LogP contribution in [0.2, 0.25) is 0 Å². The third-order valence-corrected chi connectivity index (χ3v) is 3.23. The molecule has 0 saturated heterocycles. The summed E-state index contributed by atoms with van der Waals surface area (Å²) in [7, 11) is 0. The minimum atomic E-state index is -4.71. The summed E-state index contributed by atoms with van der Waals surface area (Å²) >= 11 is 4.76. The van der Waals surface area contributed by atoms with Gasteiger partial charge < -0.3 is 10.6 Å². The van der Waals surface area contributed by atoms with Crippen LogP contribution >= 0.6 is 12.2 Å². The molecule has 0 aliphatic carbocycles. The second-order valence-corrected chi connectivity index (χ2v) is 5.22. The van der Waals surface area contributed by atoms with Crippen molar-refractivity contribution in [2.24, 2.45) is 0 Å². The number of benzene rings is 2. The Labute approximate surface area is 142 Å². The molecule has 10 heteroatoms. The summed E-state index contributed by atoms with van der Waals surface area (Å²) < 4.78 is 90.2. The topological polar surface area (TPSA) is 24.1 Å². The van der Waals surface area contributed by atoms with Crippen molar-refractivity contribution in [1.82, 2.24) is 0 Å². The van der Waals surface area contributed by atoms with Crippen LogP contribution < -0.4 is 10.6 Å². The normalized spacial score (nSPS) is 12.0. The van der Waals surface area contributed by atoms with Crippen LogP contribution in [-0.4, -0.2) is 5.11 Å². The lowest BCUT2D eigenvalue weighted by Crippen LogP contribution is -2.22. The number of hydrogen-bond donors (Lipinski definition) is 2. The van der Waals surface area contributed by atoms with Gasteiger partial charge in [-0.2, -0.15) is 26.3 Å². The molecule has 0 spiro atoms. The van der Waals surface area contributed by atoms with Crippen LogP contribution in [0.3, 0.4) is 0 Å². The fourth-order valence-corrected chi connectivity index (χ4v) is 2.13. The van der Waals surface area contributed by atoms with Gasteiger partial charge in [-0.15, -0.1) is 0 Å². The fraction of sp³-hybridized carbons (Fsp3) is 0.133. The first kappa shape index (κ1) is 19.0. The number of thiocarbonyl (C=S) groups is 1. The monoisotopic (exact) mass is 382 g/mol. The lowest BCUT2D eigenvalue weighted by atomic mass is 10.1. The summed E-state index contributed by atoms with van der Waals surface area (Å²) in [6.45, 7) is 0. The summed E-state index contributed by atoms with van der Waals surface area (Å²) in [6, 6.07) is 5.95. The lowest BCUT2D eigenvalue weighted by molar-refractivity contribution is -0.138. The summed E-state index contributed by atoms with van der Waals surface area (Å²) in [6.07, 6.45) is -9.37. The van der Waals surface area contributed by atoms with E-state index < -0.39 is 45.8 Å². The molecule has 0 atom stereocenters. The molecule has 0 bridgehead atoms. The van der Waals surface area contributed by atoms with Gasteiger partial charge in [0.2, 0.25) is 0 Å². The fourth-order valence-electron chi connectivity index (χ4n) is 1.91. The zero-order chi connectivity index (χ0) is 18.8. The molecule has 2 nitrogen and oxygen atoms in total. The second kappa shape index (κ2) is 6.87. The van der Waals surface area contributed by atoms with Crippen molar-refractivity contribution in [3.05, 3.63) is 59.4 Å². The van der Waals surface area contributed by atoms with Crippen LogP contribution in [0, 0.1) is 5.82 Å². The predicted molar refractivity (Wildman–Crippen MR) is 82.7 cm³/mol. The van der Waals surface area contributed by atoms with E-state index in [0.29, 0.717) is 18.2 Å². The molecule has 0 aliphatic heterocycles. The van der Waals surface area contributed by atoms with Gasteiger partial charge in [0.15, 0.2) is 5.11 Å². The molecule has 0 fully saturated rings. The summed E-state index contributed by atoms with van der Waals surface area (Å²) in [5, 5.41) is 3.84. The molecule has 2 N–H and O–H groups in total. The first-order valence-electron chi connectivity index (χ1n) is 6.59. The largest absolute Gasteiger partial charge is 0.418 e. The molecule has 0 saturated carbocycles. The highest BCUT2D eigenvalue weighted by Gasteiger charge is 2.33. The van der Waals surface area contributed by atoms with E-state index in [9.17, 15) is 30.7 Å². The third kappa shape index (κ3) is 4.81. The quantitative estimate of drug-likeness (QED) is 0.517. The Morgan fingerprint density at radius 2 is 1.40 bits per heavy atom. The van der Waals surface area contributed by atoms with Gasteiger partial charge in [-0.1, -0.05) is 12.1 Å². The average Bonchev–Trinajstić information content (AvgIpc) is 2.47. The van der Waals surface area contributed by atoms with E-state index in [1.807, 2.05) is 0 Å². The van der Waals surface area contributed by atoms with Crippen molar-refractivity contribution in [2.45, 2.75) is 12.4 Å². The van der Waals surface area contributed by atoms with Gasteiger partial charge in [0.1, 0.15) is 5.82 Å². The second-order valence-electron chi connectivity index (χ2n) is 4.81. The van der Waals surface area contributed by atoms with Crippen LogP contribution in [0.15, 0.2) is 42.5 Å². The van der Waals surface area contributed by atoms with Crippen LogP contribution in [0.4, 0.5) is 42.1 Å². The highest BCUT2D eigenvalue weighted by atomic mass is 32.1. The molecule has 25 heavy (non-hydrogen) atoms. The summed E-state index contributed by atoms with van der Waals surface area (Å²) in [5.41, 5.74) is -3.18. The van der Waals surface area contributed by atoms with Crippen molar-refractivity contribution >= 4 is 28.7 Å². The van der Waals surface area contributed by atoms with Gasteiger partial charge in [-0.25, -0.2) is 4.39 Å². The van der Waals surface area contributed by atoms with Crippen LogP contribution in [0.1, 0.15) is 11.1 Å². The number of nitrogens with one attached hydrogen (secondary N) is 2. The highest BCUT2D eigenvalue weighted by Crippen LogP contribution is 2.35. The van der Waals surface area contributed by atoms with Gasteiger partial charge >= 0.3 is 12.4 Å². The zero-order valence-electron chi connectivity index (χ0n) is 12.1. The van der Waals surface area contributed by atoms with Crippen LogP contribution in [0.25, 0.3) is 0 Å². The molecule has 2 rings (SSSR count). The molecule has 134 valence electrons. The number of hydrogen-bond acceptors (Lipinski definition) is 1. The molecule has 0 heterocycles. The maximum absolute atomic E-state index is 13.6. The third-order valence-electron chi connectivity index (χ3n) is 3.02. The Morgan fingerprint density at radius 1 is 0.800 bits per heavy atom. The van der Waals surface area contributed by atoms with Gasteiger partial charge in [-0.3, -0.25) is 0 Å². The van der Waals surface area contributed by atoms with Crippen molar-refractivity contribution in [2.75, 3.05) is 10.6 Å². The molecule has 0 unspecified atom stereocenters. The molecule has 0 aromatic heterocycles. The first-order valence-corrected chi connectivity index (χ1v) is 7.00. The van der Waals surface area contributed by atoms with Crippen molar-refractivity contribution < 1.29 is 30.7 Å². The summed E-state index contributed by atoms with van der Waals surface area (Å²) in [5.74, 6) is -1.04. The molecular weight excluding hydrogens is 373 g/mol. The number of para-hydroxylation sites is 1. The van der Waals surface area contributed by atoms with Gasteiger partial charge in [0.05, 0.1) is 22.5 Å². The van der Waals surface area contributed by atoms with Crippen molar-refractivity contribution in [3.8, 4) is 0 Å². The van der Waals surface area contributed by atoms with E-state index >= 15 is 0 Å². The first-order chi connectivity index (χ1) is 11.5. The van der Waals surface area contributed by atoms with E-state index in [1.165, 1.54) is 6.07 Å². The Morgan fingerprint density at radius 3 is 2.00 bits per heavy atom. The SMILES string of the molecule is Fc1ccc(C(F)(F)F)cc1NC(=S)Nc1ccccc1C(F)(F)F. The van der Waals surface area contributed by atoms with E-state index in [2.05, 4.69) is 10.6 Å². The minimum absolute atomic E-state index is 0.417. The van der Waals surface area contributed by atoms with E-state index in [1.54, 1.807) is 0 Å². The molecule has 2 aromatic rings. The van der Waals surface area contributed by atoms with Crippen molar-refractivity contribution in [1.29, 1.82) is 0 Å². The zero-order valence-corrected chi connectivity index (χ0v) is 12.9. The number of anilines is 2. The average molecular weight is 382 g/mol. The number of rotatable bonds is 2. The molecule has 0 aliphatic rings. The van der Waals surface area contributed by atoms with E-state index in [4.69, 9.17) is 12.2 Å². The summed E-state index contributed by atoms with van der Waals surface area (Å²) in [4.78, 5) is 0. The molecule has 0 radical (unpaired) electrons. The minimum Gasteiger partial charge on any atom is -0.332 e. The Kier molecular flexibility index (Phi) is 5.21. The van der Waals surface area contributed by atoms with Crippen LogP contribution in [-0.2, 0) is 12.4 Å². The van der Waals surface area contributed by atoms with Gasteiger partial charge in [-0.05, 0) is 42.5 Å². The lowest BCUT2D eigenvalue weighted by Gasteiger charge is -2.16. The smallest absolute Gasteiger partial charge is 0.332 e. The van der Waals surface area contributed by atoms with Crippen LogP contribution in [0.5, 0.6) is 0 Å². The Hall–Kier alpha value is -2.36. The predicted octanol–water partition coefficient (Wildman–Crippen LogP) is 5.67. The molecule has 0 amide bonds. The Balaban J connectivity index is 2.22. The maximum Gasteiger partial charge on any atom is 0.418 e. The van der Waals surface area contributed by atoms with Gasteiger partial charge in [0.25, 0.3) is 0 Å². The van der Waals surface area contributed by atoms with Gasteiger partial charge in [0, 0.05) is 0 Å². The molecule has 2 aromatic carbocycles. The standard InChI is InChI=1S/C15H9F7N2S/c16-10-6-5-8(14(17,18)19)7-12(10)24-13(25)23-11-4-2-1-3-9(11)15(20,21)22/h1-7H,(H2,23,24,25). The van der Waals surface area contributed by atoms with Crippen molar-refractivity contribution in [3.63, 3.8) is 0 Å². The Bertz CT molecular complexity index is 784. The maximum atomic E-state index is 13.6. The van der Waals surface area contributed by atoms with E-state index in [0.717, 1.165) is 18.2 Å². The highest BCUT2D eigenvalue weighted by molar-refractivity contribution is 7.80. The number of alkyl halides is 6. The number of halogens is 7.